The Morgan fingerprint density at radius 3 is 1.80 bits per heavy atom. The van der Waals surface area contributed by atoms with E-state index in [2.05, 4.69) is 122 Å². The summed E-state index contributed by atoms with van der Waals surface area (Å²) in [7, 11) is 0. The Bertz CT molecular complexity index is 1900. The third-order valence-corrected chi connectivity index (χ3v) is 8.15. The molecule has 0 spiro atoms. The van der Waals surface area contributed by atoms with Gasteiger partial charge in [0, 0.05) is 48.2 Å². The molecule has 6 aromatic heterocycles. The maximum atomic E-state index is 4.30. The monoisotopic (exact) mass is 690 g/mol. The summed E-state index contributed by atoms with van der Waals surface area (Å²) in [6.07, 6.45) is 18.8. The average Bonchev–Trinajstić information content (AvgIpc) is 3.89. The number of benzene rings is 1. The van der Waals surface area contributed by atoms with Crippen molar-refractivity contribution in [2.75, 3.05) is 0 Å². The van der Waals surface area contributed by atoms with Gasteiger partial charge in [-0.2, -0.15) is 0 Å². The van der Waals surface area contributed by atoms with Gasteiger partial charge in [0.1, 0.15) is 17.4 Å². The molecule has 51 heavy (non-hydrogen) atoms. The normalized spacial score (nSPS) is 12.7. The quantitative estimate of drug-likeness (QED) is 0.181. The van der Waals surface area contributed by atoms with Crippen LogP contribution in [0.15, 0.2) is 98.6 Å². The van der Waals surface area contributed by atoms with Gasteiger partial charge in [-0.1, -0.05) is 60.4 Å². The number of hydrogen-bond acceptors (Lipinski definition) is 7. The number of hydrogen-bond donors (Lipinski definition) is 0. The van der Waals surface area contributed by atoms with Crippen LogP contribution in [0.1, 0.15) is 113 Å². The zero-order valence-electron chi connectivity index (χ0n) is 29.2. The Hall–Kier alpha value is -5.25. The molecule has 1 atom stereocenters. The second-order valence-electron chi connectivity index (χ2n) is 12.9. The van der Waals surface area contributed by atoms with Crippen molar-refractivity contribution >= 4 is 39.3 Å². The number of rotatable bonds is 4. The smallest absolute Gasteiger partial charge is 0.160 e. The van der Waals surface area contributed by atoms with Crippen LogP contribution in [0.25, 0.3) is 39.3 Å². The SMILES string of the molecule is C.C.C.CC(C)C1C=Cc2cncnc21.CC(C)n1cnc2ccccc21.CC(C)n1cnc2cccnc21.CC(C)n1cnc2cnccc21. The highest BCUT2D eigenvalue weighted by molar-refractivity contribution is 5.75. The van der Waals surface area contributed by atoms with Crippen LogP contribution >= 0.6 is 0 Å². The molecule has 0 amide bonds. The van der Waals surface area contributed by atoms with E-state index in [4.69, 9.17) is 0 Å². The topological polar surface area (TPSA) is 105 Å². The van der Waals surface area contributed by atoms with Gasteiger partial charge >= 0.3 is 0 Å². The zero-order chi connectivity index (χ0) is 34.2. The summed E-state index contributed by atoms with van der Waals surface area (Å²) >= 11 is 0. The minimum atomic E-state index is 0. The van der Waals surface area contributed by atoms with E-state index in [1.54, 1.807) is 24.9 Å². The summed E-state index contributed by atoms with van der Waals surface area (Å²) in [5.74, 6) is 1.11. The van der Waals surface area contributed by atoms with Crippen LogP contribution in [0.5, 0.6) is 0 Å². The van der Waals surface area contributed by atoms with Crippen molar-refractivity contribution in [1.82, 2.24) is 48.6 Å². The molecule has 0 radical (unpaired) electrons. The lowest BCUT2D eigenvalue weighted by molar-refractivity contribution is 0.572. The fraction of sp³-hybridized carbons (Fsp3) is 0.390. The van der Waals surface area contributed by atoms with Crippen molar-refractivity contribution < 1.29 is 0 Å². The Morgan fingerprint density at radius 2 is 1.14 bits per heavy atom. The van der Waals surface area contributed by atoms with Crippen LogP contribution in [0, 0.1) is 5.92 Å². The number of allylic oxidation sites excluding steroid dienone is 1. The summed E-state index contributed by atoms with van der Waals surface area (Å²) in [6.45, 7) is 17.3. The highest BCUT2D eigenvalue weighted by atomic mass is 15.1. The third-order valence-electron chi connectivity index (χ3n) is 8.15. The van der Waals surface area contributed by atoms with Crippen LogP contribution in [-0.4, -0.2) is 48.6 Å². The molecule has 1 aliphatic rings. The van der Waals surface area contributed by atoms with Crippen LogP contribution < -0.4 is 0 Å². The third kappa shape index (κ3) is 9.93. The fourth-order valence-electron chi connectivity index (χ4n) is 5.52. The minimum absolute atomic E-state index is 0. The van der Waals surface area contributed by atoms with Crippen molar-refractivity contribution in [3.05, 3.63) is 110 Å². The van der Waals surface area contributed by atoms with Gasteiger partial charge in [0.15, 0.2) is 5.65 Å². The molecular formula is C41H58N10. The van der Waals surface area contributed by atoms with E-state index in [0.29, 0.717) is 30.0 Å². The molecular weight excluding hydrogens is 633 g/mol. The zero-order valence-corrected chi connectivity index (χ0v) is 29.2. The van der Waals surface area contributed by atoms with Gasteiger partial charge in [-0.3, -0.25) is 4.98 Å². The predicted octanol–water partition coefficient (Wildman–Crippen LogP) is 10.8. The van der Waals surface area contributed by atoms with Crippen molar-refractivity contribution in [2.45, 2.75) is 102 Å². The molecule has 10 nitrogen and oxygen atoms in total. The molecule has 0 N–H and O–H groups in total. The molecule has 0 saturated carbocycles. The fourth-order valence-corrected chi connectivity index (χ4v) is 5.52. The molecule has 6 heterocycles. The molecule has 0 aliphatic heterocycles. The maximum Gasteiger partial charge on any atom is 0.160 e. The molecule has 7 aromatic rings. The molecule has 8 rings (SSSR count). The molecule has 1 aromatic carbocycles. The Labute approximate surface area is 304 Å². The lowest BCUT2D eigenvalue weighted by atomic mass is 9.95. The Morgan fingerprint density at radius 1 is 0.549 bits per heavy atom. The van der Waals surface area contributed by atoms with Gasteiger partial charge in [-0.25, -0.2) is 29.9 Å². The van der Waals surface area contributed by atoms with E-state index in [-0.39, 0.29) is 22.3 Å². The van der Waals surface area contributed by atoms with E-state index in [0.717, 1.165) is 27.7 Å². The molecule has 0 saturated heterocycles. The minimum Gasteiger partial charge on any atom is -0.328 e. The van der Waals surface area contributed by atoms with E-state index in [1.807, 2.05) is 61.6 Å². The van der Waals surface area contributed by atoms with Crippen molar-refractivity contribution in [3.8, 4) is 0 Å². The largest absolute Gasteiger partial charge is 0.328 e. The number of pyridine rings is 2. The van der Waals surface area contributed by atoms with Gasteiger partial charge in [0.2, 0.25) is 0 Å². The highest BCUT2D eigenvalue weighted by Gasteiger charge is 2.21. The second kappa shape index (κ2) is 19.2. The van der Waals surface area contributed by atoms with Gasteiger partial charge in [0.25, 0.3) is 0 Å². The molecule has 0 bridgehead atoms. The first-order valence-electron chi connectivity index (χ1n) is 16.6. The number of para-hydroxylation sites is 2. The van der Waals surface area contributed by atoms with Crippen LogP contribution in [0.4, 0.5) is 0 Å². The van der Waals surface area contributed by atoms with Crippen molar-refractivity contribution in [1.29, 1.82) is 0 Å². The van der Waals surface area contributed by atoms with Gasteiger partial charge in [-0.05, 0) is 77.8 Å². The van der Waals surface area contributed by atoms with Crippen LogP contribution in [0.2, 0.25) is 0 Å². The molecule has 1 unspecified atom stereocenters. The summed E-state index contributed by atoms with van der Waals surface area (Å²) in [6, 6.07) is 15.4. The van der Waals surface area contributed by atoms with Crippen molar-refractivity contribution in [3.63, 3.8) is 0 Å². The van der Waals surface area contributed by atoms with Gasteiger partial charge < -0.3 is 13.7 Å². The van der Waals surface area contributed by atoms with Crippen molar-refractivity contribution in [2.24, 2.45) is 5.92 Å². The Balaban J connectivity index is 0.000000231. The molecule has 272 valence electrons. The van der Waals surface area contributed by atoms with Gasteiger partial charge in [-0.15, -0.1) is 0 Å². The summed E-state index contributed by atoms with van der Waals surface area (Å²) in [5, 5.41) is 0. The predicted molar refractivity (Wildman–Crippen MR) is 215 cm³/mol. The summed E-state index contributed by atoms with van der Waals surface area (Å²) in [4.78, 5) is 29.3. The van der Waals surface area contributed by atoms with Crippen LogP contribution in [-0.2, 0) is 0 Å². The second-order valence-corrected chi connectivity index (χ2v) is 12.9. The number of aromatic nitrogens is 10. The molecule has 0 fully saturated rings. The lowest BCUT2D eigenvalue weighted by Crippen LogP contribution is -2.04. The van der Waals surface area contributed by atoms with Crippen LogP contribution in [0.3, 0.4) is 0 Å². The van der Waals surface area contributed by atoms with Gasteiger partial charge in [0.05, 0.1) is 47.4 Å². The Kier molecular flexibility index (Phi) is 15.8. The number of imidazole rings is 3. The van der Waals surface area contributed by atoms with E-state index in [9.17, 15) is 0 Å². The summed E-state index contributed by atoms with van der Waals surface area (Å²) < 4.78 is 6.38. The molecule has 1 aliphatic carbocycles. The highest BCUT2D eigenvalue weighted by Crippen LogP contribution is 2.32. The summed E-state index contributed by atoms with van der Waals surface area (Å²) in [5.41, 5.74) is 8.69. The van der Waals surface area contributed by atoms with E-state index < -0.39 is 0 Å². The van der Waals surface area contributed by atoms with E-state index >= 15 is 0 Å². The first-order chi connectivity index (χ1) is 23.2. The first kappa shape index (κ1) is 41.9. The standard InChI is InChI=1S/2C10H12N2.2C9H11N3.3CH4/c1-7(2)9-4-3-8-5-11-6-12-10(8)9;1-8(2)12-7-11-9-5-3-4-6-10(9)12;1-7(2)12-6-11-8-5-10-4-3-9(8)12;1-7(2)12-6-11-8-4-3-5-10-9(8)12;;;/h3-7,9H,1-2H3;3-8H,1-2H3;2*3-7H,1-2H3;3*1H4. The lowest BCUT2D eigenvalue weighted by Gasteiger charge is -2.12. The number of fused-ring (bicyclic) bond motifs is 4. The van der Waals surface area contributed by atoms with E-state index in [1.165, 1.54) is 16.8 Å². The average molecular weight is 691 g/mol. The molecule has 10 heteroatoms. The maximum absolute atomic E-state index is 4.30. The number of nitrogens with zero attached hydrogens (tertiary/aromatic N) is 10. The first-order valence-corrected chi connectivity index (χ1v) is 16.6.